The van der Waals surface area contributed by atoms with Crippen molar-refractivity contribution in [2.75, 3.05) is 7.11 Å². The van der Waals surface area contributed by atoms with E-state index in [-0.39, 0.29) is 23.0 Å². The number of hydrogen-bond acceptors (Lipinski definition) is 3. The van der Waals surface area contributed by atoms with Gasteiger partial charge in [0.05, 0.1) is 12.2 Å². The molecule has 0 aliphatic heterocycles. The fraction of sp³-hybridized carbons (Fsp3) is 1.00. The van der Waals surface area contributed by atoms with Gasteiger partial charge in [-0.05, 0) is 0 Å². The lowest BCUT2D eigenvalue weighted by molar-refractivity contribution is -0.247. The molecule has 74 valence electrons. The molecule has 3 nitrogen and oxygen atoms in total. The highest BCUT2D eigenvalue weighted by atomic mass is 16.3. The molecule has 3 heteroatoms. The smallest absolute Gasteiger partial charge is 0.0691 e. The molecule has 0 aromatic heterocycles. The van der Waals surface area contributed by atoms with Gasteiger partial charge in [-0.3, -0.25) is 0 Å². The topological polar surface area (TPSA) is 60.7 Å². The predicted octanol–water partition coefficient (Wildman–Crippen LogP) is 0.383. The second kappa shape index (κ2) is 3.32. The third kappa shape index (κ3) is 1.37. The zero-order chi connectivity index (χ0) is 10.2. The van der Waals surface area contributed by atoms with E-state index in [4.69, 9.17) is 5.11 Å². The average Bonchev–Trinajstić information content (AvgIpc) is 2.05. The fourth-order valence-corrected chi connectivity index (χ4v) is 2.12. The maximum atomic E-state index is 9.51. The summed E-state index contributed by atoms with van der Waals surface area (Å²) in [6, 6.07) is 0. The molecule has 0 aromatic rings. The summed E-state index contributed by atoms with van der Waals surface area (Å²) >= 11 is 0. The van der Waals surface area contributed by atoms with Gasteiger partial charge in [0.1, 0.15) is 0 Å². The first-order chi connectivity index (χ1) is 5.31. The highest BCUT2D eigenvalue weighted by molar-refractivity contribution is 5.09. The Morgan fingerprint density at radius 2 is 0.917 bits per heavy atom. The van der Waals surface area contributed by atoms with Crippen molar-refractivity contribution >= 4 is 0 Å². The van der Waals surface area contributed by atoms with Gasteiger partial charge in [0.25, 0.3) is 0 Å². The molecule has 0 heterocycles. The van der Waals surface area contributed by atoms with Gasteiger partial charge in [0.15, 0.2) is 0 Å². The Hall–Kier alpha value is -0.120. The standard InChI is InChI=1S/C8H16O2.CH4O/c1-7(2)5(9)8(3,4)6(7)10;1-2/h5-6,9-10H,1-4H3;2H,1H3. The molecule has 1 saturated carbocycles. The van der Waals surface area contributed by atoms with Gasteiger partial charge in [-0.2, -0.15) is 0 Å². The van der Waals surface area contributed by atoms with Crippen LogP contribution in [0, 0.1) is 10.8 Å². The summed E-state index contributed by atoms with van der Waals surface area (Å²) < 4.78 is 0. The van der Waals surface area contributed by atoms with Crippen LogP contribution in [0.15, 0.2) is 0 Å². The number of hydrogen-bond donors (Lipinski definition) is 3. The van der Waals surface area contributed by atoms with Crippen LogP contribution >= 0.6 is 0 Å². The van der Waals surface area contributed by atoms with Crippen molar-refractivity contribution in [2.24, 2.45) is 10.8 Å². The minimum absolute atomic E-state index is 0.316. The number of aliphatic hydroxyl groups excluding tert-OH is 3. The SMILES string of the molecule is CC1(C)C(O)C(C)(C)C1O.CO. The first kappa shape index (κ1) is 11.9. The molecule has 12 heavy (non-hydrogen) atoms. The Morgan fingerprint density at radius 3 is 1.00 bits per heavy atom. The van der Waals surface area contributed by atoms with E-state index in [2.05, 4.69) is 0 Å². The van der Waals surface area contributed by atoms with E-state index in [9.17, 15) is 10.2 Å². The zero-order valence-corrected chi connectivity index (χ0v) is 8.50. The molecule has 1 aliphatic rings. The third-order valence-corrected chi connectivity index (χ3v) is 2.82. The fourth-order valence-electron chi connectivity index (χ4n) is 2.12. The van der Waals surface area contributed by atoms with Crippen LogP contribution in [-0.2, 0) is 0 Å². The van der Waals surface area contributed by atoms with Gasteiger partial charge in [-0.25, -0.2) is 0 Å². The highest BCUT2D eigenvalue weighted by Gasteiger charge is 2.60. The Labute approximate surface area is 74.0 Å². The van der Waals surface area contributed by atoms with Crippen molar-refractivity contribution in [3.05, 3.63) is 0 Å². The third-order valence-electron chi connectivity index (χ3n) is 2.82. The van der Waals surface area contributed by atoms with Crippen LogP contribution < -0.4 is 0 Å². The molecule has 1 fully saturated rings. The van der Waals surface area contributed by atoms with Crippen molar-refractivity contribution < 1.29 is 15.3 Å². The number of aliphatic hydroxyl groups is 3. The first-order valence-electron chi connectivity index (χ1n) is 4.12. The van der Waals surface area contributed by atoms with Crippen LogP contribution in [0.2, 0.25) is 0 Å². The summed E-state index contributed by atoms with van der Waals surface area (Å²) in [6.07, 6.45) is -0.759. The van der Waals surface area contributed by atoms with Crippen molar-refractivity contribution in [3.63, 3.8) is 0 Å². The lowest BCUT2D eigenvalue weighted by atomic mass is 9.51. The molecule has 0 amide bonds. The molecule has 0 atom stereocenters. The lowest BCUT2D eigenvalue weighted by Gasteiger charge is -2.59. The summed E-state index contributed by atoms with van der Waals surface area (Å²) in [5.41, 5.74) is -0.632. The minimum Gasteiger partial charge on any atom is -0.400 e. The van der Waals surface area contributed by atoms with Crippen molar-refractivity contribution in [1.82, 2.24) is 0 Å². The molecule has 1 aliphatic carbocycles. The summed E-state index contributed by atoms with van der Waals surface area (Å²) in [7, 11) is 1.00. The van der Waals surface area contributed by atoms with E-state index in [1.165, 1.54) is 0 Å². The van der Waals surface area contributed by atoms with E-state index in [1.807, 2.05) is 27.7 Å². The van der Waals surface area contributed by atoms with Gasteiger partial charge < -0.3 is 15.3 Å². The zero-order valence-electron chi connectivity index (χ0n) is 8.50. The van der Waals surface area contributed by atoms with E-state index < -0.39 is 0 Å². The molecule has 1 rings (SSSR count). The van der Waals surface area contributed by atoms with Gasteiger partial charge in [0, 0.05) is 17.9 Å². The molecule has 0 radical (unpaired) electrons. The number of rotatable bonds is 0. The Bertz CT molecular complexity index is 122. The maximum Gasteiger partial charge on any atom is 0.0691 e. The van der Waals surface area contributed by atoms with Gasteiger partial charge in [-0.1, -0.05) is 27.7 Å². The molecular formula is C9H20O3. The molecule has 0 spiro atoms. The molecule has 0 bridgehead atoms. The normalized spacial score (nSPS) is 36.0. The molecule has 3 N–H and O–H groups in total. The van der Waals surface area contributed by atoms with E-state index in [1.54, 1.807) is 0 Å². The monoisotopic (exact) mass is 176 g/mol. The first-order valence-corrected chi connectivity index (χ1v) is 4.12. The van der Waals surface area contributed by atoms with E-state index in [0.717, 1.165) is 7.11 Å². The summed E-state index contributed by atoms with van der Waals surface area (Å²) in [6.45, 7) is 7.53. The van der Waals surface area contributed by atoms with E-state index in [0.29, 0.717) is 0 Å². The maximum absolute atomic E-state index is 9.51. The lowest BCUT2D eigenvalue weighted by Crippen LogP contribution is -2.67. The van der Waals surface area contributed by atoms with Crippen molar-refractivity contribution in [1.29, 1.82) is 0 Å². The molecule has 0 unspecified atom stereocenters. The van der Waals surface area contributed by atoms with Gasteiger partial charge in [-0.15, -0.1) is 0 Å². The van der Waals surface area contributed by atoms with Gasteiger partial charge in [0.2, 0.25) is 0 Å². The Morgan fingerprint density at radius 1 is 0.750 bits per heavy atom. The molecular weight excluding hydrogens is 156 g/mol. The Kier molecular flexibility index (Phi) is 3.29. The highest BCUT2D eigenvalue weighted by Crippen LogP contribution is 2.53. The van der Waals surface area contributed by atoms with Crippen LogP contribution in [0.25, 0.3) is 0 Å². The van der Waals surface area contributed by atoms with Crippen LogP contribution in [0.1, 0.15) is 27.7 Å². The summed E-state index contributed by atoms with van der Waals surface area (Å²) in [4.78, 5) is 0. The Balaban J connectivity index is 0.000000561. The average molecular weight is 176 g/mol. The second-order valence-corrected chi connectivity index (χ2v) is 4.45. The predicted molar refractivity (Wildman–Crippen MR) is 47.7 cm³/mol. The molecule has 0 aromatic carbocycles. The van der Waals surface area contributed by atoms with Crippen molar-refractivity contribution in [3.8, 4) is 0 Å². The summed E-state index contributed by atoms with van der Waals surface area (Å²) in [5.74, 6) is 0. The van der Waals surface area contributed by atoms with Crippen LogP contribution in [0.3, 0.4) is 0 Å². The van der Waals surface area contributed by atoms with Crippen molar-refractivity contribution in [2.45, 2.75) is 39.9 Å². The van der Waals surface area contributed by atoms with E-state index >= 15 is 0 Å². The van der Waals surface area contributed by atoms with Crippen LogP contribution in [0.4, 0.5) is 0 Å². The van der Waals surface area contributed by atoms with Gasteiger partial charge >= 0.3 is 0 Å². The summed E-state index contributed by atoms with van der Waals surface area (Å²) in [5, 5.41) is 26.0. The van der Waals surface area contributed by atoms with Crippen LogP contribution in [-0.4, -0.2) is 34.6 Å². The minimum atomic E-state index is -0.380. The van der Waals surface area contributed by atoms with Crippen LogP contribution in [0.5, 0.6) is 0 Å². The largest absolute Gasteiger partial charge is 0.400 e. The molecule has 0 saturated heterocycles. The second-order valence-electron chi connectivity index (χ2n) is 4.45. The quantitative estimate of drug-likeness (QED) is 0.500.